The van der Waals surface area contributed by atoms with Crippen LogP contribution in [0.15, 0.2) is 30.6 Å². The molecule has 0 fully saturated rings. The minimum atomic E-state index is 0.636. The second-order valence-electron chi connectivity index (χ2n) is 3.04. The van der Waals surface area contributed by atoms with Crippen molar-refractivity contribution >= 4 is 6.29 Å². The Bertz CT molecular complexity index is 448. The molecule has 0 unspecified atom stereocenters. The molecule has 0 spiro atoms. The third-order valence-electron chi connectivity index (χ3n) is 1.87. The topological polar surface area (TPSA) is 47.8 Å². The Morgan fingerprint density at radius 1 is 1.21 bits per heavy atom. The Labute approximate surface area is 81.2 Å². The van der Waals surface area contributed by atoms with Crippen molar-refractivity contribution in [1.82, 2.24) is 15.0 Å². The zero-order chi connectivity index (χ0) is 9.97. The summed E-state index contributed by atoms with van der Waals surface area (Å²) in [5.41, 5.74) is 2.45. The Hall–Kier alpha value is -1.97. The number of nitrogens with zero attached hydrogens (tertiary/aromatic N) is 3. The molecule has 0 N–H and O–H groups in total. The number of carbonyl (C=O) groups is 1. The van der Waals surface area contributed by atoms with E-state index in [1.807, 2.05) is 19.1 Å². The lowest BCUT2D eigenvalue weighted by Crippen LogP contribution is -1.99. The highest BCUT2D eigenvalue weighted by Gasteiger charge is 2.00. The van der Waals surface area contributed by atoms with Gasteiger partial charge in [0.05, 0.1) is 18.1 Å². The van der Waals surface area contributed by atoms with Gasteiger partial charge in [-0.15, -0.1) is 0 Å². The second-order valence-corrected chi connectivity index (χ2v) is 3.04. The van der Waals surface area contributed by atoms with E-state index in [9.17, 15) is 4.79 Å². The SMILES string of the molecule is Cc1cc(C=O)cc(-n2nccn2)c1. The van der Waals surface area contributed by atoms with Crippen LogP contribution in [-0.2, 0) is 0 Å². The molecule has 2 rings (SSSR count). The van der Waals surface area contributed by atoms with Crippen LogP contribution in [0, 0.1) is 6.92 Å². The van der Waals surface area contributed by atoms with E-state index in [-0.39, 0.29) is 0 Å². The molecule has 0 saturated carbocycles. The lowest BCUT2D eigenvalue weighted by atomic mass is 10.1. The Kier molecular flexibility index (Phi) is 2.10. The minimum absolute atomic E-state index is 0.636. The first-order valence-corrected chi connectivity index (χ1v) is 4.23. The Balaban J connectivity index is 2.54. The van der Waals surface area contributed by atoms with Crippen LogP contribution in [0.1, 0.15) is 15.9 Å². The summed E-state index contributed by atoms with van der Waals surface area (Å²) in [6, 6.07) is 5.49. The first kappa shape index (κ1) is 8.62. The van der Waals surface area contributed by atoms with Gasteiger partial charge in [-0.3, -0.25) is 4.79 Å². The molecule has 4 heteroatoms. The van der Waals surface area contributed by atoms with E-state index >= 15 is 0 Å². The molecule has 4 nitrogen and oxygen atoms in total. The van der Waals surface area contributed by atoms with E-state index in [0.29, 0.717) is 5.56 Å². The number of carbonyl (C=O) groups excluding carboxylic acids is 1. The highest BCUT2D eigenvalue weighted by Crippen LogP contribution is 2.10. The van der Waals surface area contributed by atoms with Crippen molar-refractivity contribution in [2.24, 2.45) is 0 Å². The van der Waals surface area contributed by atoms with Gasteiger partial charge in [0.2, 0.25) is 0 Å². The number of benzene rings is 1. The van der Waals surface area contributed by atoms with Crippen LogP contribution in [-0.4, -0.2) is 21.3 Å². The normalized spacial score (nSPS) is 10.1. The molecular weight excluding hydrogens is 178 g/mol. The molecule has 1 aromatic carbocycles. The van der Waals surface area contributed by atoms with Gasteiger partial charge in [0.1, 0.15) is 6.29 Å². The van der Waals surface area contributed by atoms with Crippen molar-refractivity contribution in [3.63, 3.8) is 0 Å². The molecule has 0 bridgehead atoms. The van der Waals surface area contributed by atoms with Gasteiger partial charge in [-0.1, -0.05) is 0 Å². The Morgan fingerprint density at radius 2 is 1.93 bits per heavy atom. The average molecular weight is 187 g/mol. The van der Waals surface area contributed by atoms with Gasteiger partial charge >= 0.3 is 0 Å². The lowest BCUT2D eigenvalue weighted by Gasteiger charge is -2.02. The van der Waals surface area contributed by atoms with Crippen molar-refractivity contribution < 1.29 is 4.79 Å². The van der Waals surface area contributed by atoms with Crippen LogP contribution in [0.5, 0.6) is 0 Å². The van der Waals surface area contributed by atoms with Crippen LogP contribution in [0.25, 0.3) is 5.69 Å². The maximum atomic E-state index is 10.6. The van der Waals surface area contributed by atoms with Gasteiger partial charge in [-0.25, -0.2) is 0 Å². The standard InChI is InChI=1S/C10H9N3O/c1-8-4-9(7-14)6-10(5-8)13-11-2-3-12-13/h2-7H,1H3. The fraction of sp³-hybridized carbons (Fsp3) is 0.100. The molecule has 2 aromatic rings. The summed E-state index contributed by atoms with van der Waals surface area (Å²) in [5.74, 6) is 0. The molecule has 70 valence electrons. The quantitative estimate of drug-likeness (QED) is 0.667. The molecule has 1 aromatic heterocycles. The molecule has 1 heterocycles. The number of aryl methyl sites for hydroxylation is 1. The summed E-state index contributed by atoms with van der Waals surface area (Å²) in [7, 11) is 0. The minimum Gasteiger partial charge on any atom is -0.298 e. The predicted octanol–water partition coefficient (Wildman–Crippen LogP) is 1.39. The van der Waals surface area contributed by atoms with Crippen molar-refractivity contribution in [2.75, 3.05) is 0 Å². The highest BCUT2D eigenvalue weighted by molar-refractivity contribution is 5.76. The molecule has 0 aliphatic carbocycles. The van der Waals surface area contributed by atoms with E-state index in [1.54, 1.807) is 18.5 Å². The van der Waals surface area contributed by atoms with Crippen molar-refractivity contribution in [3.8, 4) is 5.69 Å². The number of hydrogen-bond donors (Lipinski definition) is 0. The third-order valence-corrected chi connectivity index (χ3v) is 1.87. The van der Waals surface area contributed by atoms with E-state index < -0.39 is 0 Å². The van der Waals surface area contributed by atoms with Crippen LogP contribution < -0.4 is 0 Å². The number of rotatable bonds is 2. The summed E-state index contributed by atoms with van der Waals surface area (Å²) in [6.45, 7) is 1.93. The largest absolute Gasteiger partial charge is 0.298 e. The second kappa shape index (κ2) is 3.41. The van der Waals surface area contributed by atoms with E-state index in [2.05, 4.69) is 10.2 Å². The van der Waals surface area contributed by atoms with Gasteiger partial charge < -0.3 is 0 Å². The van der Waals surface area contributed by atoms with E-state index in [1.165, 1.54) is 4.80 Å². The van der Waals surface area contributed by atoms with Gasteiger partial charge in [0, 0.05) is 5.56 Å². The summed E-state index contributed by atoms with van der Waals surface area (Å²) in [4.78, 5) is 12.1. The van der Waals surface area contributed by atoms with Crippen molar-refractivity contribution in [2.45, 2.75) is 6.92 Å². The molecule has 0 aliphatic heterocycles. The molecule has 0 radical (unpaired) electrons. The van der Waals surface area contributed by atoms with Crippen molar-refractivity contribution in [1.29, 1.82) is 0 Å². The lowest BCUT2D eigenvalue weighted by molar-refractivity contribution is 0.112. The molecule has 0 amide bonds. The highest BCUT2D eigenvalue weighted by atomic mass is 16.1. The zero-order valence-corrected chi connectivity index (χ0v) is 7.71. The van der Waals surface area contributed by atoms with E-state index in [4.69, 9.17) is 0 Å². The van der Waals surface area contributed by atoms with Crippen LogP contribution >= 0.6 is 0 Å². The Morgan fingerprint density at radius 3 is 2.57 bits per heavy atom. The number of hydrogen-bond acceptors (Lipinski definition) is 3. The van der Waals surface area contributed by atoms with Gasteiger partial charge in [-0.2, -0.15) is 15.0 Å². The molecule has 0 atom stereocenters. The molecule has 0 aliphatic rings. The summed E-state index contributed by atoms with van der Waals surface area (Å²) in [6.07, 6.45) is 4.02. The molecule has 0 saturated heterocycles. The third kappa shape index (κ3) is 1.54. The zero-order valence-electron chi connectivity index (χ0n) is 7.71. The monoisotopic (exact) mass is 187 g/mol. The summed E-state index contributed by atoms with van der Waals surface area (Å²) < 4.78 is 0. The smallest absolute Gasteiger partial charge is 0.150 e. The fourth-order valence-corrected chi connectivity index (χ4v) is 1.32. The van der Waals surface area contributed by atoms with Gasteiger partial charge in [0.15, 0.2) is 0 Å². The molecule has 14 heavy (non-hydrogen) atoms. The first-order chi connectivity index (χ1) is 6.79. The average Bonchev–Trinajstić information content (AvgIpc) is 2.69. The van der Waals surface area contributed by atoms with Crippen LogP contribution in [0.4, 0.5) is 0 Å². The van der Waals surface area contributed by atoms with Crippen molar-refractivity contribution in [3.05, 3.63) is 41.7 Å². The maximum absolute atomic E-state index is 10.6. The summed E-state index contributed by atoms with van der Waals surface area (Å²) in [5, 5.41) is 7.99. The van der Waals surface area contributed by atoms with Crippen LogP contribution in [0.2, 0.25) is 0 Å². The molecular formula is C10H9N3O. The van der Waals surface area contributed by atoms with Gasteiger partial charge in [0.25, 0.3) is 0 Å². The fourth-order valence-electron chi connectivity index (χ4n) is 1.32. The number of aromatic nitrogens is 3. The maximum Gasteiger partial charge on any atom is 0.150 e. The number of aldehydes is 1. The predicted molar refractivity (Wildman–Crippen MR) is 51.5 cm³/mol. The first-order valence-electron chi connectivity index (χ1n) is 4.23. The van der Waals surface area contributed by atoms with Gasteiger partial charge in [-0.05, 0) is 30.7 Å². The summed E-state index contributed by atoms with van der Waals surface area (Å²) >= 11 is 0. The van der Waals surface area contributed by atoms with E-state index in [0.717, 1.165) is 17.5 Å². The van der Waals surface area contributed by atoms with Crippen LogP contribution in [0.3, 0.4) is 0 Å².